The molecule has 9 heteroatoms. The van der Waals surface area contributed by atoms with Gasteiger partial charge in [-0.3, -0.25) is 9.36 Å². The Balaban J connectivity index is 1.86. The van der Waals surface area contributed by atoms with Crippen LogP contribution in [0, 0.1) is 0 Å². The van der Waals surface area contributed by atoms with Crippen molar-refractivity contribution in [1.29, 1.82) is 0 Å². The van der Waals surface area contributed by atoms with Crippen LogP contribution in [-0.4, -0.2) is 30.4 Å². The quantitative estimate of drug-likeness (QED) is 0.199. The number of carbonyl (C=O) groups excluding carboxylic acids is 1. The fourth-order valence-corrected chi connectivity index (χ4v) is 6.65. The van der Waals surface area contributed by atoms with Crippen molar-refractivity contribution in [2.75, 3.05) is 13.7 Å². The van der Waals surface area contributed by atoms with Crippen molar-refractivity contribution < 1.29 is 19.0 Å². The number of fused-ring (bicyclic) bond motifs is 2. The van der Waals surface area contributed by atoms with E-state index < -0.39 is 12.0 Å². The average Bonchev–Trinajstić information content (AvgIpc) is 3.27. The number of rotatable bonds is 9. The van der Waals surface area contributed by atoms with Crippen molar-refractivity contribution >= 4 is 50.1 Å². The van der Waals surface area contributed by atoms with Gasteiger partial charge in [-0.25, -0.2) is 9.79 Å². The molecule has 0 spiro atoms. The van der Waals surface area contributed by atoms with Gasteiger partial charge in [0.05, 0.1) is 35.6 Å². The molecule has 4 aromatic rings. The Morgan fingerprint density at radius 3 is 2.60 bits per heavy atom. The molecule has 7 nitrogen and oxygen atoms in total. The number of halogens is 1. The van der Waals surface area contributed by atoms with Gasteiger partial charge in [-0.1, -0.05) is 70.9 Å². The molecule has 218 valence electrons. The Morgan fingerprint density at radius 1 is 1.12 bits per heavy atom. The molecular weight excluding hydrogens is 616 g/mol. The SMILES string of the molecule is CCCC1=C(C(=O)OCC)[C@H](c2c(OC)ccc3ccccc23)n2c(s/c(=C/c3cc(Br)ccc3OC(C)C)c2=O)=N1. The maximum absolute atomic E-state index is 14.4. The molecule has 42 heavy (non-hydrogen) atoms. The lowest BCUT2D eigenvalue weighted by Gasteiger charge is -2.28. The Hall–Kier alpha value is -3.69. The summed E-state index contributed by atoms with van der Waals surface area (Å²) in [6.45, 7) is 7.94. The molecule has 0 bridgehead atoms. The molecule has 3 aromatic carbocycles. The van der Waals surface area contributed by atoms with Gasteiger partial charge in [-0.05, 0) is 68.3 Å². The van der Waals surface area contributed by atoms with Crippen molar-refractivity contribution in [2.45, 2.75) is 52.7 Å². The second-order valence-corrected chi connectivity index (χ2v) is 12.1. The second-order valence-electron chi connectivity index (χ2n) is 10.2. The van der Waals surface area contributed by atoms with Crippen LogP contribution in [0.2, 0.25) is 0 Å². The first kappa shape index (κ1) is 29.8. The summed E-state index contributed by atoms with van der Waals surface area (Å²) in [5.74, 6) is 0.760. The highest BCUT2D eigenvalue weighted by atomic mass is 79.9. The minimum atomic E-state index is -0.793. The third-order valence-electron chi connectivity index (χ3n) is 6.94. The molecular formula is C33H33BrN2O5S. The van der Waals surface area contributed by atoms with Gasteiger partial charge >= 0.3 is 5.97 Å². The predicted molar refractivity (Wildman–Crippen MR) is 170 cm³/mol. The monoisotopic (exact) mass is 648 g/mol. The van der Waals surface area contributed by atoms with E-state index in [0.29, 0.717) is 38.5 Å². The van der Waals surface area contributed by atoms with E-state index in [2.05, 4.69) is 15.9 Å². The first-order valence-electron chi connectivity index (χ1n) is 14.0. The number of carbonyl (C=O) groups is 1. The van der Waals surface area contributed by atoms with Crippen molar-refractivity contribution in [3.05, 3.63) is 101 Å². The topological polar surface area (TPSA) is 79.1 Å². The van der Waals surface area contributed by atoms with Crippen LogP contribution in [0.1, 0.15) is 57.7 Å². The van der Waals surface area contributed by atoms with Crippen molar-refractivity contribution in [3.8, 4) is 11.5 Å². The molecule has 0 fully saturated rings. The van der Waals surface area contributed by atoms with E-state index >= 15 is 0 Å². The van der Waals surface area contributed by atoms with Crippen LogP contribution < -0.4 is 24.4 Å². The highest BCUT2D eigenvalue weighted by Gasteiger charge is 2.37. The summed E-state index contributed by atoms with van der Waals surface area (Å²) in [5, 5.41) is 1.85. The van der Waals surface area contributed by atoms with Crippen LogP contribution in [0.4, 0.5) is 0 Å². The lowest BCUT2D eigenvalue weighted by molar-refractivity contribution is -0.139. The molecule has 0 saturated carbocycles. The molecule has 1 aliphatic heterocycles. The predicted octanol–water partition coefficient (Wildman–Crippen LogP) is 6.29. The number of allylic oxidation sites excluding steroid dienone is 1. The van der Waals surface area contributed by atoms with Crippen LogP contribution >= 0.6 is 27.3 Å². The summed E-state index contributed by atoms with van der Waals surface area (Å²) in [7, 11) is 1.60. The van der Waals surface area contributed by atoms with Gasteiger partial charge in [0, 0.05) is 15.6 Å². The molecule has 5 rings (SSSR count). The van der Waals surface area contributed by atoms with Crippen LogP contribution in [0.5, 0.6) is 11.5 Å². The van der Waals surface area contributed by atoms with E-state index in [4.69, 9.17) is 19.2 Å². The Labute approximate surface area is 256 Å². The van der Waals surface area contributed by atoms with Gasteiger partial charge in [0.1, 0.15) is 17.5 Å². The Morgan fingerprint density at radius 2 is 1.88 bits per heavy atom. The van der Waals surface area contributed by atoms with Crippen LogP contribution in [0.3, 0.4) is 0 Å². The molecule has 1 atom stereocenters. The smallest absolute Gasteiger partial charge is 0.338 e. The van der Waals surface area contributed by atoms with Crippen LogP contribution in [0.25, 0.3) is 16.8 Å². The fraction of sp³-hybridized carbons (Fsp3) is 0.303. The molecule has 1 aromatic heterocycles. The lowest BCUT2D eigenvalue weighted by Crippen LogP contribution is -2.40. The van der Waals surface area contributed by atoms with E-state index in [0.717, 1.165) is 32.8 Å². The van der Waals surface area contributed by atoms with Gasteiger partial charge < -0.3 is 14.2 Å². The molecule has 1 aliphatic rings. The highest BCUT2D eigenvalue weighted by Crippen LogP contribution is 2.41. The van der Waals surface area contributed by atoms with Crippen LogP contribution in [0.15, 0.2) is 80.1 Å². The minimum Gasteiger partial charge on any atom is -0.496 e. The minimum absolute atomic E-state index is 0.0397. The summed E-state index contributed by atoms with van der Waals surface area (Å²) >= 11 is 4.84. The normalized spacial score (nSPS) is 15.1. The number of esters is 1. The third-order valence-corrected chi connectivity index (χ3v) is 8.41. The number of methoxy groups -OCH3 is 1. The number of ether oxygens (including phenoxy) is 3. The molecule has 0 radical (unpaired) electrons. The maximum atomic E-state index is 14.4. The summed E-state index contributed by atoms with van der Waals surface area (Å²) < 4.78 is 20.4. The van der Waals surface area contributed by atoms with Gasteiger partial charge in [0.2, 0.25) is 0 Å². The molecule has 0 amide bonds. The zero-order valence-electron chi connectivity index (χ0n) is 24.3. The van der Waals surface area contributed by atoms with E-state index in [9.17, 15) is 9.59 Å². The van der Waals surface area contributed by atoms with Gasteiger partial charge in [0.15, 0.2) is 4.80 Å². The first-order chi connectivity index (χ1) is 20.3. The Kier molecular flexibility index (Phi) is 8.99. The van der Waals surface area contributed by atoms with Crippen LogP contribution in [-0.2, 0) is 9.53 Å². The zero-order valence-corrected chi connectivity index (χ0v) is 26.7. The molecule has 0 aliphatic carbocycles. The number of aromatic nitrogens is 1. The van der Waals surface area contributed by atoms with Gasteiger partial charge in [-0.2, -0.15) is 0 Å². The fourth-order valence-electron chi connectivity index (χ4n) is 5.26. The number of nitrogens with zero attached hydrogens (tertiary/aromatic N) is 2. The zero-order chi connectivity index (χ0) is 30.0. The molecule has 0 unspecified atom stereocenters. The largest absolute Gasteiger partial charge is 0.496 e. The van der Waals surface area contributed by atoms with Gasteiger partial charge in [-0.15, -0.1) is 0 Å². The van der Waals surface area contributed by atoms with E-state index in [1.54, 1.807) is 18.6 Å². The van der Waals surface area contributed by atoms with Crippen molar-refractivity contribution in [1.82, 2.24) is 4.57 Å². The second kappa shape index (κ2) is 12.7. The summed E-state index contributed by atoms with van der Waals surface area (Å²) in [6, 6.07) is 16.7. The number of hydrogen-bond donors (Lipinski definition) is 0. The molecule has 0 saturated heterocycles. The first-order valence-corrected chi connectivity index (χ1v) is 15.6. The number of thiazole rings is 1. The molecule has 2 heterocycles. The average molecular weight is 650 g/mol. The third kappa shape index (κ3) is 5.68. The highest BCUT2D eigenvalue weighted by molar-refractivity contribution is 9.10. The molecule has 0 N–H and O–H groups in total. The van der Waals surface area contributed by atoms with E-state index in [-0.39, 0.29) is 18.3 Å². The van der Waals surface area contributed by atoms with E-state index in [1.807, 2.05) is 81.4 Å². The number of hydrogen-bond acceptors (Lipinski definition) is 7. The maximum Gasteiger partial charge on any atom is 0.338 e. The summed E-state index contributed by atoms with van der Waals surface area (Å²) in [4.78, 5) is 33.5. The van der Waals surface area contributed by atoms with Gasteiger partial charge in [0.25, 0.3) is 5.56 Å². The lowest BCUT2D eigenvalue weighted by atomic mass is 9.90. The van der Waals surface area contributed by atoms with Crippen molar-refractivity contribution in [3.63, 3.8) is 0 Å². The summed E-state index contributed by atoms with van der Waals surface area (Å²) in [6.07, 6.45) is 3.11. The van der Waals surface area contributed by atoms with Crippen molar-refractivity contribution in [2.24, 2.45) is 4.99 Å². The standard InChI is InChI=1S/C33H33BrN2O5S/c1-6-10-24-29(32(38)40-7-2)30(28-23-12-9-8-11-20(23)13-15-26(28)39-5)36-31(37)27(42-33(36)35-24)18-21-17-22(34)14-16-25(21)41-19(3)4/h8-9,11-19,30H,6-7,10H2,1-5H3/b27-18+/t30-/m0/s1. The number of benzene rings is 3. The Bertz CT molecular complexity index is 1870. The summed E-state index contributed by atoms with van der Waals surface area (Å²) in [5.41, 5.74) is 2.21. The van der Waals surface area contributed by atoms with E-state index in [1.165, 1.54) is 11.3 Å².